The molecule has 0 spiro atoms. The fourth-order valence-corrected chi connectivity index (χ4v) is 4.73. The van der Waals surface area contributed by atoms with Crippen molar-refractivity contribution in [1.29, 1.82) is 5.26 Å². The molecule has 0 saturated carbocycles. The van der Waals surface area contributed by atoms with Crippen LogP contribution in [0.15, 0.2) is 36.4 Å². The summed E-state index contributed by atoms with van der Waals surface area (Å²) in [5.74, 6) is 0.292. The zero-order chi connectivity index (χ0) is 16.9. The second-order valence-corrected chi connectivity index (χ2v) is 7.75. The van der Waals surface area contributed by atoms with Crippen LogP contribution in [0.25, 0.3) is 10.8 Å². The van der Waals surface area contributed by atoms with Crippen molar-refractivity contribution >= 4 is 16.5 Å². The molecule has 2 bridgehead atoms. The minimum Gasteiger partial charge on any atom is -0.389 e. The van der Waals surface area contributed by atoms with Gasteiger partial charge < -0.3 is 10.0 Å². The van der Waals surface area contributed by atoms with Crippen molar-refractivity contribution < 1.29 is 5.11 Å². The summed E-state index contributed by atoms with van der Waals surface area (Å²) >= 11 is 0. The third kappa shape index (κ3) is 2.21. The van der Waals surface area contributed by atoms with Crippen LogP contribution in [0.5, 0.6) is 0 Å². The van der Waals surface area contributed by atoms with Gasteiger partial charge in [-0.3, -0.25) is 0 Å². The maximum Gasteiger partial charge on any atom is 0.0998 e. The van der Waals surface area contributed by atoms with Crippen LogP contribution in [0.3, 0.4) is 0 Å². The van der Waals surface area contributed by atoms with E-state index in [-0.39, 0.29) is 0 Å². The molecule has 1 unspecified atom stereocenters. The van der Waals surface area contributed by atoms with E-state index in [2.05, 4.69) is 36.9 Å². The van der Waals surface area contributed by atoms with Crippen LogP contribution >= 0.6 is 0 Å². The van der Waals surface area contributed by atoms with Crippen molar-refractivity contribution in [2.24, 2.45) is 5.92 Å². The Morgan fingerprint density at radius 1 is 1.08 bits per heavy atom. The number of aliphatic hydroxyl groups is 1. The van der Waals surface area contributed by atoms with E-state index >= 15 is 0 Å². The van der Waals surface area contributed by atoms with Gasteiger partial charge in [0.1, 0.15) is 0 Å². The lowest BCUT2D eigenvalue weighted by atomic mass is 9.77. The molecule has 2 saturated heterocycles. The highest BCUT2D eigenvalue weighted by Crippen LogP contribution is 2.47. The molecule has 2 aliphatic rings. The topological polar surface area (TPSA) is 47.3 Å². The molecule has 2 aromatic rings. The minimum atomic E-state index is -0.537. The number of rotatable bonds is 2. The maximum atomic E-state index is 11.0. The standard InChI is InChI=1S/C21H24N2O/c1-14(2)21(24)11-16-8-9-17(12-21)23(16)20-10-7-15(13-22)18-5-3-4-6-19(18)20/h3-7,10,14,16-17,24H,8-9,11-12H2,1-2H3/t16-,17+,21?. The number of piperidine rings is 1. The lowest BCUT2D eigenvalue weighted by Crippen LogP contribution is -2.53. The second kappa shape index (κ2) is 5.50. The molecule has 3 atom stereocenters. The Balaban J connectivity index is 1.79. The number of nitrogens with zero attached hydrogens (tertiary/aromatic N) is 2. The van der Waals surface area contributed by atoms with E-state index in [4.69, 9.17) is 0 Å². The van der Waals surface area contributed by atoms with E-state index in [1.807, 2.05) is 24.3 Å². The van der Waals surface area contributed by atoms with Gasteiger partial charge >= 0.3 is 0 Å². The van der Waals surface area contributed by atoms with Gasteiger partial charge in [-0.05, 0) is 43.7 Å². The molecule has 4 rings (SSSR count). The molecular formula is C21H24N2O. The Morgan fingerprint density at radius 2 is 1.71 bits per heavy atom. The van der Waals surface area contributed by atoms with Crippen molar-refractivity contribution in [3.05, 3.63) is 42.0 Å². The average molecular weight is 320 g/mol. The quantitative estimate of drug-likeness (QED) is 0.901. The first-order valence-corrected chi connectivity index (χ1v) is 8.96. The van der Waals surface area contributed by atoms with Crippen molar-refractivity contribution in [2.75, 3.05) is 4.90 Å². The molecule has 0 radical (unpaired) electrons. The number of anilines is 1. The first kappa shape index (κ1) is 15.5. The minimum absolute atomic E-state index is 0.292. The number of fused-ring (bicyclic) bond motifs is 3. The third-order valence-electron chi connectivity index (χ3n) is 6.17. The van der Waals surface area contributed by atoms with Crippen LogP contribution in [0.1, 0.15) is 45.1 Å². The Hall–Kier alpha value is -2.05. The Kier molecular flexibility index (Phi) is 3.54. The van der Waals surface area contributed by atoms with Crippen molar-refractivity contribution in [2.45, 2.75) is 57.2 Å². The van der Waals surface area contributed by atoms with Crippen molar-refractivity contribution in [3.63, 3.8) is 0 Å². The molecule has 1 N–H and O–H groups in total. The molecule has 124 valence electrons. The Labute approximate surface area is 143 Å². The highest BCUT2D eigenvalue weighted by Gasteiger charge is 2.49. The van der Waals surface area contributed by atoms with Crippen LogP contribution in [-0.4, -0.2) is 22.8 Å². The van der Waals surface area contributed by atoms with Gasteiger partial charge in [0.2, 0.25) is 0 Å². The van der Waals surface area contributed by atoms with Gasteiger partial charge in [0.05, 0.1) is 17.2 Å². The lowest BCUT2D eigenvalue weighted by Gasteiger charge is -2.47. The molecule has 3 nitrogen and oxygen atoms in total. The van der Waals surface area contributed by atoms with E-state index in [1.54, 1.807) is 0 Å². The number of nitriles is 1. The van der Waals surface area contributed by atoms with Crippen molar-refractivity contribution in [3.8, 4) is 6.07 Å². The molecule has 2 heterocycles. The number of hydrogen-bond donors (Lipinski definition) is 1. The summed E-state index contributed by atoms with van der Waals surface area (Å²) < 4.78 is 0. The molecule has 2 aliphatic heterocycles. The molecule has 2 aromatic carbocycles. The SMILES string of the molecule is CC(C)C1(O)C[C@H]2CC[C@@H](C1)N2c1ccc(C#N)c2ccccc12. The highest BCUT2D eigenvalue weighted by molar-refractivity contribution is 5.98. The van der Waals surface area contributed by atoms with E-state index in [0.29, 0.717) is 18.0 Å². The van der Waals surface area contributed by atoms with Gasteiger partial charge in [0.25, 0.3) is 0 Å². The maximum absolute atomic E-state index is 11.0. The third-order valence-corrected chi connectivity index (χ3v) is 6.17. The largest absolute Gasteiger partial charge is 0.389 e. The van der Waals surface area contributed by atoms with E-state index < -0.39 is 5.60 Å². The Morgan fingerprint density at radius 3 is 2.29 bits per heavy atom. The molecule has 0 aromatic heterocycles. The second-order valence-electron chi connectivity index (χ2n) is 7.75. The van der Waals surface area contributed by atoms with Gasteiger partial charge in [-0.15, -0.1) is 0 Å². The molecule has 24 heavy (non-hydrogen) atoms. The summed E-state index contributed by atoms with van der Waals surface area (Å²) in [6.45, 7) is 4.26. The van der Waals surface area contributed by atoms with Crippen LogP contribution < -0.4 is 4.90 Å². The van der Waals surface area contributed by atoms with E-state index in [0.717, 1.165) is 42.0 Å². The summed E-state index contributed by atoms with van der Waals surface area (Å²) in [5.41, 5.74) is 1.42. The molecule has 3 heteroatoms. The van der Waals surface area contributed by atoms with Crippen molar-refractivity contribution in [1.82, 2.24) is 0 Å². The van der Waals surface area contributed by atoms with Crippen LogP contribution in [0.2, 0.25) is 0 Å². The van der Waals surface area contributed by atoms with Gasteiger partial charge in [-0.2, -0.15) is 5.26 Å². The van der Waals surface area contributed by atoms with E-state index in [1.165, 1.54) is 5.69 Å². The first-order chi connectivity index (χ1) is 11.5. The molecular weight excluding hydrogens is 296 g/mol. The highest BCUT2D eigenvalue weighted by atomic mass is 16.3. The van der Waals surface area contributed by atoms with Crippen LogP contribution in [0, 0.1) is 17.2 Å². The summed E-state index contributed by atoms with van der Waals surface area (Å²) in [5, 5.41) is 22.6. The van der Waals surface area contributed by atoms with Gasteiger partial charge in [-0.1, -0.05) is 38.1 Å². The summed E-state index contributed by atoms with van der Waals surface area (Å²) in [6, 6.07) is 15.3. The smallest absolute Gasteiger partial charge is 0.0998 e. The predicted octanol–water partition coefficient (Wildman–Crippen LogP) is 4.23. The fraction of sp³-hybridized carbons (Fsp3) is 0.476. The van der Waals surface area contributed by atoms with Gasteiger partial charge in [-0.25, -0.2) is 0 Å². The zero-order valence-electron chi connectivity index (χ0n) is 14.4. The summed E-state index contributed by atoms with van der Waals surface area (Å²) in [7, 11) is 0. The molecule has 0 amide bonds. The summed E-state index contributed by atoms with van der Waals surface area (Å²) in [6.07, 6.45) is 3.98. The number of benzene rings is 2. The number of hydrogen-bond acceptors (Lipinski definition) is 3. The van der Waals surface area contributed by atoms with Gasteiger partial charge in [0.15, 0.2) is 0 Å². The lowest BCUT2D eigenvalue weighted by molar-refractivity contribution is -0.0386. The summed E-state index contributed by atoms with van der Waals surface area (Å²) in [4.78, 5) is 2.53. The zero-order valence-corrected chi connectivity index (χ0v) is 14.4. The van der Waals surface area contributed by atoms with Crippen LogP contribution in [-0.2, 0) is 0 Å². The van der Waals surface area contributed by atoms with Crippen LogP contribution in [0.4, 0.5) is 5.69 Å². The average Bonchev–Trinajstić information content (AvgIpc) is 2.85. The monoisotopic (exact) mass is 320 g/mol. The predicted molar refractivity (Wildman–Crippen MR) is 97.0 cm³/mol. The fourth-order valence-electron chi connectivity index (χ4n) is 4.73. The Bertz CT molecular complexity index is 806. The normalized spacial score (nSPS) is 29.2. The molecule has 2 fully saturated rings. The first-order valence-electron chi connectivity index (χ1n) is 8.96. The van der Waals surface area contributed by atoms with E-state index in [9.17, 15) is 10.4 Å². The molecule has 0 aliphatic carbocycles. The van der Waals surface area contributed by atoms with Gasteiger partial charge in [0, 0.05) is 28.5 Å².